The van der Waals surface area contributed by atoms with Crippen LogP contribution in [0.1, 0.15) is 17.5 Å². The maximum atomic E-state index is 14.4. The molecule has 0 radical (unpaired) electrons. The monoisotopic (exact) mass is 379 g/mol. The summed E-state index contributed by atoms with van der Waals surface area (Å²) in [5.74, 6) is -0.382. The number of rotatable bonds is 4. The Hall–Kier alpha value is -3.19. The summed E-state index contributed by atoms with van der Waals surface area (Å²) in [5, 5.41) is 6.98. The van der Waals surface area contributed by atoms with Crippen molar-refractivity contribution in [2.45, 2.75) is 18.5 Å². The van der Waals surface area contributed by atoms with Crippen LogP contribution in [0.3, 0.4) is 0 Å². The summed E-state index contributed by atoms with van der Waals surface area (Å²) in [6, 6.07) is 16.1. The smallest absolute Gasteiger partial charge is 0.317 e. The average molecular weight is 379 g/mol. The fourth-order valence-electron chi connectivity index (χ4n) is 3.64. The Balaban J connectivity index is 1.45. The van der Waals surface area contributed by atoms with Crippen LogP contribution in [0.2, 0.25) is 0 Å². The van der Waals surface area contributed by atoms with Crippen molar-refractivity contribution in [3.63, 3.8) is 0 Å². The predicted octanol–water partition coefficient (Wildman–Crippen LogP) is 2.78. The Morgan fingerprint density at radius 3 is 2.75 bits per heavy atom. The fraction of sp³-hybridized carbons (Fsp3) is 0.238. The molecule has 2 aromatic carbocycles. The number of nitrogens with one attached hydrogen (secondary N) is 1. The van der Waals surface area contributed by atoms with Crippen molar-refractivity contribution >= 4 is 6.03 Å². The number of carbonyl (C=O) groups excluding carboxylic acids is 1. The van der Waals surface area contributed by atoms with E-state index in [9.17, 15) is 9.18 Å². The highest BCUT2D eigenvalue weighted by molar-refractivity contribution is 5.75. The number of likely N-dealkylation sites (tertiary alicyclic amines) is 1. The second-order valence-electron chi connectivity index (χ2n) is 7.04. The maximum absolute atomic E-state index is 14.4. The molecule has 2 heterocycles. The van der Waals surface area contributed by atoms with E-state index in [1.54, 1.807) is 40.2 Å². The largest absolute Gasteiger partial charge is 0.334 e. The Morgan fingerprint density at radius 2 is 2.00 bits per heavy atom. The Kier molecular flexibility index (Phi) is 4.83. The van der Waals surface area contributed by atoms with Gasteiger partial charge < -0.3 is 16.0 Å². The molecule has 0 spiro atoms. The van der Waals surface area contributed by atoms with Gasteiger partial charge in [0, 0.05) is 37.6 Å². The summed E-state index contributed by atoms with van der Waals surface area (Å²) < 4.78 is 16.0. The van der Waals surface area contributed by atoms with Gasteiger partial charge in [0.05, 0.1) is 11.2 Å². The van der Waals surface area contributed by atoms with Crippen LogP contribution >= 0.6 is 0 Å². The lowest BCUT2D eigenvalue weighted by Crippen LogP contribution is -2.44. The topological polar surface area (TPSA) is 76.2 Å². The van der Waals surface area contributed by atoms with Crippen LogP contribution in [-0.4, -0.2) is 33.8 Å². The lowest BCUT2D eigenvalue weighted by Gasteiger charge is -2.25. The van der Waals surface area contributed by atoms with Gasteiger partial charge in [-0.25, -0.2) is 13.9 Å². The number of nitrogens with two attached hydrogens (primary N) is 1. The first kappa shape index (κ1) is 18.2. The van der Waals surface area contributed by atoms with Crippen molar-refractivity contribution in [1.82, 2.24) is 20.0 Å². The van der Waals surface area contributed by atoms with Crippen molar-refractivity contribution in [2.24, 2.45) is 5.73 Å². The third-order valence-electron chi connectivity index (χ3n) is 5.20. The number of aromatic nitrogens is 2. The van der Waals surface area contributed by atoms with Crippen LogP contribution in [0.5, 0.6) is 0 Å². The molecule has 1 aliphatic rings. The van der Waals surface area contributed by atoms with E-state index in [0.717, 1.165) is 5.56 Å². The van der Waals surface area contributed by atoms with E-state index in [0.29, 0.717) is 30.8 Å². The third kappa shape index (κ3) is 3.48. The van der Waals surface area contributed by atoms with Crippen LogP contribution in [0.15, 0.2) is 67.0 Å². The van der Waals surface area contributed by atoms with E-state index in [-0.39, 0.29) is 18.4 Å². The molecule has 0 saturated carbocycles. The van der Waals surface area contributed by atoms with Gasteiger partial charge in [-0.15, -0.1) is 0 Å². The predicted molar refractivity (Wildman–Crippen MR) is 104 cm³/mol. The second-order valence-corrected chi connectivity index (χ2v) is 7.04. The van der Waals surface area contributed by atoms with Crippen molar-refractivity contribution in [3.05, 3.63) is 83.9 Å². The van der Waals surface area contributed by atoms with Gasteiger partial charge in [0.15, 0.2) is 0 Å². The van der Waals surface area contributed by atoms with E-state index in [2.05, 4.69) is 10.4 Å². The van der Waals surface area contributed by atoms with Crippen LogP contribution in [0.25, 0.3) is 5.69 Å². The maximum Gasteiger partial charge on any atom is 0.317 e. The molecule has 1 aliphatic heterocycles. The average Bonchev–Trinajstić information content (AvgIpc) is 3.38. The lowest BCUT2D eigenvalue weighted by molar-refractivity contribution is 0.205. The summed E-state index contributed by atoms with van der Waals surface area (Å²) >= 11 is 0. The van der Waals surface area contributed by atoms with Crippen molar-refractivity contribution in [2.75, 3.05) is 13.1 Å². The lowest BCUT2D eigenvalue weighted by atomic mass is 9.90. The van der Waals surface area contributed by atoms with Gasteiger partial charge >= 0.3 is 6.03 Å². The van der Waals surface area contributed by atoms with Gasteiger partial charge in [-0.2, -0.15) is 5.10 Å². The molecule has 2 amide bonds. The first-order valence-corrected chi connectivity index (χ1v) is 9.21. The van der Waals surface area contributed by atoms with Crippen LogP contribution in [0.4, 0.5) is 9.18 Å². The number of urea groups is 1. The summed E-state index contributed by atoms with van der Waals surface area (Å²) in [4.78, 5) is 14.3. The molecule has 0 aliphatic carbocycles. The number of carbonyl (C=O) groups is 1. The van der Waals surface area contributed by atoms with Gasteiger partial charge in [0.1, 0.15) is 5.82 Å². The van der Waals surface area contributed by atoms with E-state index in [4.69, 9.17) is 5.73 Å². The van der Waals surface area contributed by atoms with Crippen molar-refractivity contribution in [1.29, 1.82) is 0 Å². The first-order valence-electron chi connectivity index (χ1n) is 9.21. The van der Waals surface area contributed by atoms with Crippen LogP contribution < -0.4 is 11.1 Å². The van der Waals surface area contributed by atoms with E-state index < -0.39 is 5.54 Å². The molecule has 0 bridgehead atoms. The highest BCUT2D eigenvalue weighted by Crippen LogP contribution is 2.29. The molecule has 1 atom stereocenters. The molecule has 7 heteroatoms. The SMILES string of the molecule is NC1(c2ccccc2)CCN(C(=O)NCc2c(F)cccc2-n2cccn2)C1. The highest BCUT2D eigenvalue weighted by Gasteiger charge is 2.38. The summed E-state index contributed by atoms with van der Waals surface area (Å²) in [6.45, 7) is 1.05. The van der Waals surface area contributed by atoms with Gasteiger partial charge in [-0.05, 0) is 30.2 Å². The zero-order valence-corrected chi connectivity index (χ0v) is 15.4. The molecule has 4 rings (SSSR count). The zero-order chi connectivity index (χ0) is 19.6. The first-order chi connectivity index (χ1) is 13.6. The quantitative estimate of drug-likeness (QED) is 0.732. The molecule has 1 saturated heterocycles. The summed E-state index contributed by atoms with van der Waals surface area (Å²) in [7, 11) is 0. The summed E-state index contributed by atoms with van der Waals surface area (Å²) in [5.41, 5.74) is 7.98. The number of hydrogen-bond donors (Lipinski definition) is 2. The zero-order valence-electron chi connectivity index (χ0n) is 15.4. The molecular weight excluding hydrogens is 357 g/mol. The minimum atomic E-state index is -0.559. The van der Waals surface area contributed by atoms with E-state index in [1.807, 2.05) is 30.3 Å². The van der Waals surface area contributed by atoms with Crippen LogP contribution in [-0.2, 0) is 12.1 Å². The minimum Gasteiger partial charge on any atom is -0.334 e. The number of amides is 2. The molecule has 3 aromatic rings. The Morgan fingerprint density at radius 1 is 1.18 bits per heavy atom. The number of halogens is 1. The van der Waals surface area contributed by atoms with Crippen molar-refractivity contribution in [3.8, 4) is 5.69 Å². The second kappa shape index (κ2) is 7.44. The molecule has 28 heavy (non-hydrogen) atoms. The molecule has 1 fully saturated rings. The molecule has 6 nitrogen and oxygen atoms in total. The van der Waals surface area contributed by atoms with Crippen molar-refractivity contribution < 1.29 is 9.18 Å². The Bertz CT molecular complexity index is 960. The fourth-order valence-corrected chi connectivity index (χ4v) is 3.64. The summed E-state index contributed by atoms with van der Waals surface area (Å²) in [6.07, 6.45) is 4.05. The van der Waals surface area contributed by atoms with Gasteiger partial charge in [-0.1, -0.05) is 36.4 Å². The van der Waals surface area contributed by atoms with E-state index in [1.165, 1.54) is 6.07 Å². The van der Waals surface area contributed by atoms with Gasteiger partial charge in [-0.3, -0.25) is 0 Å². The highest BCUT2D eigenvalue weighted by atomic mass is 19.1. The number of hydrogen-bond acceptors (Lipinski definition) is 3. The van der Waals surface area contributed by atoms with Crippen LogP contribution in [0, 0.1) is 5.82 Å². The molecule has 144 valence electrons. The number of benzene rings is 2. The molecule has 3 N–H and O–H groups in total. The molecular formula is C21H22FN5O. The molecule has 1 aromatic heterocycles. The van der Waals surface area contributed by atoms with Gasteiger partial charge in [0.2, 0.25) is 0 Å². The standard InChI is InChI=1S/C21H22FN5O/c22-18-8-4-9-19(27-12-5-11-25-27)17(18)14-24-20(28)26-13-10-21(23,15-26)16-6-2-1-3-7-16/h1-9,11-12H,10,13-15,23H2,(H,24,28). The normalized spacial score (nSPS) is 19.0. The Labute approximate surface area is 162 Å². The molecule has 1 unspecified atom stereocenters. The minimum absolute atomic E-state index is 0.0696. The van der Waals surface area contributed by atoms with Gasteiger partial charge in [0.25, 0.3) is 0 Å². The number of nitrogens with zero attached hydrogens (tertiary/aromatic N) is 3. The van der Waals surface area contributed by atoms with E-state index >= 15 is 0 Å². The third-order valence-corrected chi connectivity index (χ3v) is 5.20.